The summed E-state index contributed by atoms with van der Waals surface area (Å²) < 4.78 is 10.9. The Morgan fingerprint density at radius 3 is 1.93 bits per heavy atom. The third-order valence-corrected chi connectivity index (χ3v) is 4.91. The Labute approximate surface area is 164 Å². The van der Waals surface area contributed by atoms with E-state index >= 15 is 0 Å². The maximum atomic E-state index is 8.97. The van der Waals surface area contributed by atoms with Crippen molar-refractivity contribution in [3.05, 3.63) is 69.8 Å². The van der Waals surface area contributed by atoms with Crippen LogP contribution in [0.2, 0.25) is 0 Å². The molecule has 0 unspecified atom stereocenters. The summed E-state index contributed by atoms with van der Waals surface area (Å²) >= 11 is 0. The molecule has 3 nitrogen and oxygen atoms in total. The summed E-state index contributed by atoms with van der Waals surface area (Å²) in [6, 6.07) is 10.5. The van der Waals surface area contributed by atoms with E-state index in [1.54, 1.807) is 14.2 Å². The molecule has 0 aliphatic carbocycles. The summed E-state index contributed by atoms with van der Waals surface area (Å²) in [5, 5.41) is 8.97. The van der Waals surface area contributed by atoms with Crippen LogP contribution in [0.15, 0.2) is 42.0 Å². The Morgan fingerprint density at radius 1 is 0.926 bits per heavy atom. The molecule has 148 valence electrons. The summed E-state index contributed by atoms with van der Waals surface area (Å²) in [5.74, 6) is 1.61. The first-order valence-electron chi connectivity index (χ1n) is 9.42. The molecule has 0 heterocycles. The van der Waals surface area contributed by atoms with Crippen LogP contribution in [0.3, 0.4) is 0 Å². The van der Waals surface area contributed by atoms with Gasteiger partial charge in [0.15, 0.2) is 11.5 Å². The third kappa shape index (κ3) is 6.14. The Morgan fingerprint density at radius 2 is 1.48 bits per heavy atom. The highest BCUT2D eigenvalue weighted by Crippen LogP contribution is 2.39. The zero-order chi connectivity index (χ0) is 20.4. The molecule has 3 heteroatoms. The second-order valence-electron chi connectivity index (χ2n) is 6.67. The lowest BCUT2D eigenvalue weighted by atomic mass is 9.92. The summed E-state index contributed by atoms with van der Waals surface area (Å²) in [6.45, 7) is 10.5. The van der Waals surface area contributed by atoms with Crippen molar-refractivity contribution in [2.45, 2.75) is 47.5 Å². The number of allylic oxidation sites excluding steroid dienone is 1. The number of methoxy groups -OCH3 is 2. The van der Waals surface area contributed by atoms with E-state index in [0.29, 0.717) is 0 Å². The van der Waals surface area contributed by atoms with Crippen LogP contribution >= 0.6 is 0 Å². The minimum absolute atomic E-state index is 0.0796. The van der Waals surface area contributed by atoms with Crippen LogP contribution < -0.4 is 9.47 Å². The standard InChI is InChI=1S/C16H24O3.C8H10/c1-10(7-8-17)9-14-11(2)12(3)15(18-5)16(19-6)13(14)4;1-2-8-6-4-3-5-7-8/h7,17H,8-9H2,1-6H3;3-7H,2H2,1H3/b10-7+;. The molecule has 2 aromatic carbocycles. The van der Waals surface area contributed by atoms with Crippen LogP contribution in [-0.2, 0) is 12.8 Å². The summed E-state index contributed by atoms with van der Waals surface area (Å²) in [4.78, 5) is 0. The van der Waals surface area contributed by atoms with Crippen molar-refractivity contribution < 1.29 is 14.6 Å². The van der Waals surface area contributed by atoms with Crippen molar-refractivity contribution in [3.8, 4) is 11.5 Å². The number of rotatable bonds is 6. The molecule has 1 N–H and O–H groups in total. The molecule has 2 aromatic rings. The zero-order valence-electron chi connectivity index (χ0n) is 17.8. The van der Waals surface area contributed by atoms with Gasteiger partial charge in [-0.05, 0) is 68.4 Å². The Bertz CT molecular complexity index is 746. The lowest BCUT2D eigenvalue weighted by molar-refractivity contribution is 0.341. The largest absolute Gasteiger partial charge is 0.493 e. The van der Waals surface area contributed by atoms with Gasteiger partial charge in [-0.1, -0.05) is 48.9 Å². The van der Waals surface area contributed by atoms with Gasteiger partial charge >= 0.3 is 0 Å². The maximum absolute atomic E-state index is 8.97. The van der Waals surface area contributed by atoms with Crippen molar-refractivity contribution >= 4 is 0 Å². The van der Waals surface area contributed by atoms with Crippen molar-refractivity contribution in [1.82, 2.24) is 0 Å². The molecule has 27 heavy (non-hydrogen) atoms. The van der Waals surface area contributed by atoms with E-state index in [1.165, 1.54) is 16.7 Å². The van der Waals surface area contributed by atoms with Gasteiger partial charge in [0.25, 0.3) is 0 Å². The average Bonchev–Trinajstić information content (AvgIpc) is 2.69. The molecule has 0 amide bonds. The molecule has 0 aliphatic heterocycles. The zero-order valence-corrected chi connectivity index (χ0v) is 17.8. The fourth-order valence-electron chi connectivity index (χ4n) is 3.13. The van der Waals surface area contributed by atoms with Crippen molar-refractivity contribution in [2.75, 3.05) is 20.8 Å². The number of hydrogen-bond acceptors (Lipinski definition) is 3. The Hall–Kier alpha value is -2.26. The second kappa shape index (κ2) is 11.5. The van der Waals surface area contributed by atoms with Gasteiger partial charge in [0.05, 0.1) is 20.8 Å². The number of aliphatic hydroxyl groups excluding tert-OH is 1. The van der Waals surface area contributed by atoms with E-state index in [1.807, 2.05) is 26.0 Å². The van der Waals surface area contributed by atoms with Crippen LogP contribution in [0.5, 0.6) is 11.5 Å². The van der Waals surface area contributed by atoms with Gasteiger partial charge in [-0.25, -0.2) is 0 Å². The molecule has 0 bridgehead atoms. The summed E-state index contributed by atoms with van der Waals surface area (Å²) in [6.07, 6.45) is 3.80. The van der Waals surface area contributed by atoms with E-state index in [9.17, 15) is 0 Å². The molecule has 0 saturated carbocycles. The molecular weight excluding hydrogens is 336 g/mol. The van der Waals surface area contributed by atoms with Gasteiger partial charge in [-0.3, -0.25) is 0 Å². The lowest BCUT2D eigenvalue weighted by Crippen LogP contribution is -2.04. The van der Waals surface area contributed by atoms with E-state index < -0.39 is 0 Å². The molecule has 0 spiro atoms. The minimum atomic E-state index is 0.0796. The molecule has 2 rings (SSSR count). The molecule has 0 atom stereocenters. The van der Waals surface area contributed by atoms with E-state index in [0.717, 1.165) is 41.0 Å². The predicted octanol–water partition coefficient (Wildman–Crippen LogP) is 5.36. The fraction of sp³-hybridized carbons (Fsp3) is 0.417. The van der Waals surface area contributed by atoms with Crippen LogP contribution in [0.25, 0.3) is 0 Å². The molecule has 0 aliphatic rings. The second-order valence-corrected chi connectivity index (χ2v) is 6.67. The lowest BCUT2D eigenvalue weighted by Gasteiger charge is -2.20. The number of hydrogen-bond donors (Lipinski definition) is 1. The third-order valence-electron chi connectivity index (χ3n) is 4.91. The highest BCUT2D eigenvalue weighted by Gasteiger charge is 2.18. The average molecular weight is 371 g/mol. The summed E-state index contributed by atoms with van der Waals surface area (Å²) in [5.41, 5.74) is 7.25. The summed E-state index contributed by atoms with van der Waals surface area (Å²) in [7, 11) is 3.33. The Balaban J connectivity index is 0.000000377. The smallest absolute Gasteiger partial charge is 0.164 e. The van der Waals surface area contributed by atoms with Gasteiger partial charge in [-0.15, -0.1) is 0 Å². The van der Waals surface area contributed by atoms with Crippen molar-refractivity contribution in [1.29, 1.82) is 0 Å². The highest BCUT2D eigenvalue weighted by atomic mass is 16.5. The first-order valence-corrected chi connectivity index (χ1v) is 9.42. The quantitative estimate of drug-likeness (QED) is 0.696. The normalized spacial score (nSPS) is 10.9. The van der Waals surface area contributed by atoms with E-state index in [4.69, 9.17) is 14.6 Å². The van der Waals surface area contributed by atoms with Crippen LogP contribution in [0, 0.1) is 20.8 Å². The van der Waals surface area contributed by atoms with Gasteiger partial charge in [0.1, 0.15) is 0 Å². The molecule has 0 fully saturated rings. The Kier molecular flexibility index (Phi) is 9.66. The number of ether oxygens (including phenoxy) is 2. The van der Waals surface area contributed by atoms with Gasteiger partial charge in [0, 0.05) is 0 Å². The first-order chi connectivity index (χ1) is 12.9. The van der Waals surface area contributed by atoms with Crippen LogP contribution in [0.4, 0.5) is 0 Å². The molecule has 0 saturated heterocycles. The monoisotopic (exact) mass is 370 g/mol. The topological polar surface area (TPSA) is 38.7 Å². The van der Waals surface area contributed by atoms with E-state index in [-0.39, 0.29) is 6.61 Å². The molecular formula is C24H34O3. The van der Waals surface area contributed by atoms with Crippen LogP contribution in [-0.4, -0.2) is 25.9 Å². The fourth-order valence-corrected chi connectivity index (χ4v) is 3.13. The minimum Gasteiger partial charge on any atom is -0.493 e. The van der Waals surface area contributed by atoms with E-state index in [2.05, 4.69) is 45.0 Å². The number of benzene rings is 2. The highest BCUT2D eigenvalue weighted by molar-refractivity contribution is 5.59. The van der Waals surface area contributed by atoms with Crippen molar-refractivity contribution in [2.24, 2.45) is 0 Å². The SMILES string of the molecule is CCc1ccccc1.COc1c(C)c(C)c(C/C(C)=C/CO)c(C)c1OC. The number of aliphatic hydroxyl groups is 1. The van der Waals surface area contributed by atoms with Gasteiger partial charge < -0.3 is 14.6 Å². The maximum Gasteiger partial charge on any atom is 0.164 e. The molecule has 0 radical (unpaired) electrons. The van der Waals surface area contributed by atoms with Crippen molar-refractivity contribution in [3.63, 3.8) is 0 Å². The molecule has 0 aromatic heterocycles. The first kappa shape index (κ1) is 22.8. The van der Waals surface area contributed by atoms with Crippen LogP contribution in [0.1, 0.15) is 41.7 Å². The van der Waals surface area contributed by atoms with Gasteiger partial charge in [0.2, 0.25) is 0 Å². The van der Waals surface area contributed by atoms with Gasteiger partial charge in [-0.2, -0.15) is 0 Å². The predicted molar refractivity (Wildman–Crippen MR) is 114 cm³/mol. The number of aryl methyl sites for hydroxylation is 1.